The highest BCUT2D eigenvalue weighted by atomic mass is 32.1. The fourth-order valence-corrected chi connectivity index (χ4v) is 2.60. The molecule has 0 unspecified atom stereocenters. The highest BCUT2D eigenvalue weighted by molar-refractivity contribution is 7.16. The van der Waals surface area contributed by atoms with Crippen molar-refractivity contribution in [2.45, 2.75) is 0 Å². The summed E-state index contributed by atoms with van der Waals surface area (Å²) in [5, 5.41) is 7.72. The van der Waals surface area contributed by atoms with Crippen LogP contribution in [0, 0.1) is 5.41 Å². The third kappa shape index (κ3) is 1.23. The molecule has 1 aromatic carbocycles. The normalized spacial score (nSPS) is 14.5. The average molecular weight is 222 g/mol. The van der Waals surface area contributed by atoms with Crippen LogP contribution < -0.4 is 14.3 Å². The zero-order valence-corrected chi connectivity index (χ0v) is 9.06. The maximum atomic E-state index is 7.72. The maximum absolute atomic E-state index is 7.72. The first-order valence-corrected chi connectivity index (χ1v) is 5.51. The number of aromatic nitrogens is 1. The second kappa shape index (κ2) is 3.00. The van der Waals surface area contributed by atoms with E-state index in [2.05, 4.69) is 0 Å². The lowest BCUT2D eigenvalue weighted by atomic mass is 10.3. The van der Waals surface area contributed by atoms with Crippen LogP contribution in [-0.2, 0) is 7.05 Å². The van der Waals surface area contributed by atoms with Gasteiger partial charge in [0.2, 0.25) is 0 Å². The number of nitrogens with zero attached hydrogens (tertiary/aromatic N) is 1. The van der Waals surface area contributed by atoms with E-state index in [1.807, 2.05) is 23.7 Å². The van der Waals surface area contributed by atoms with Gasteiger partial charge in [-0.25, -0.2) is 0 Å². The standard InChI is InChI=1S/C10H10N2O2S/c1-12-6-4-7-8(14-3-2-13-7)5-9(6)15-10(12)11/h4-5,11H,2-3H2,1H3. The molecule has 1 aromatic heterocycles. The molecule has 1 aliphatic rings. The minimum absolute atomic E-state index is 0.535. The fraction of sp³-hybridized carbons (Fsp3) is 0.300. The van der Waals surface area contributed by atoms with Crippen LogP contribution in [0.2, 0.25) is 0 Å². The van der Waals surface area contributed by atoms with Crippen molar-refractivity contribution in [2.75, 3.05) is 13.2 Å². The Balaban J connectivity index is 2.35. The average Bonchev–Trinajstić information content (AvgIpc) is 2.52. The van der Waals surface area contributed by atoms with Gasteiger partial charge in [-0.1, -0.05) is 11.3 Å². The quantitative estimate of drug-likeness (QED) is 0.734. The number of rotatable bonds is 0. The zero-order chi connectivity index (χ0) is 10.4. The summed E-state index contributed by atoms with van der Waals surface area (Å²) in [6, 6.07) is 3.89. The fourth-order valence-electron chi connectivity index (χ4n) is 1.69. The Labute approximate surface area is 90.2 Å². The van der Waals surface area contributed by atoms with E-state index in [1.54, 1.807) is 0 Å². The Morgan fingerprint density at radius 2 is 1.93 bits per heavy atom. The molecule has 0 amide bonds. The smallest absolute Gasteiger partial charge is 0.182 e. The summed E-state index contributed by atoms with van der Waals surface area (Å²) < 4.78 is 13.9. The third-order valence-corrected chi connectivity index (χ3v) is 3.51. The van der Waals surface area contributed by atoms with Crippen LogP contribution in [0.5, 0.6) is 11.5 Å². The van der Waals surface area contributed by atoms with Gasteiger partial charge in [-0.05, 0) is 0 Å². The van der Waals surface area contributed by atoms with Crippen molar-refractivity contribution in [3.63, 3.8) is 0 Å². The monoisotopic (exact) mass is 222 g/mol. The van der Waals surface area contributed by atoms with Gasteiger partial charge in [0.05, 0.1) is 10.2 Å². The Kier molecular flexibility index (Phi) is 1.76. The van der Waals surface area contributed by atoms with E-state index in [9.17, 15) is 0 Å². The molecule has 78 valence electrons. The molecule has 0 spiro atoms. The highest BCUT2D eigenvalue weighted by Gasteiger charge is 2.14. The Morgan fingerprint density at radius 1 is 1.27 bits per heavy atom. The van der Waals surface area contributed by atoms with Gasteiger partial charge in [0.25, 0.3) is 0 Å². The Bertz CT molecular complexity index is 585. The van der Waals surface area contributed by atoms with Crippen molar-refractivity contribution in [3.05, 3.63) is 16.9 Å². The molecule has 0 saturated heterocycles. The summed E-state index contributed by atoms with van der Waals surface area (Å²) in [7, 11) is 1.89. The molecule has 0 bridgehead atoms. The third-order valence-electron chi connectivity index (χ3n) is 2.50. The van der Waals surface area contributed by atoms with Crippen molar-refractivity contribution in [1.29, 1.82) is 5.41 Å². The van der Waals surface area contributed by atoms with Crippen molar-refractivity contribution in [1.82, 2.24) is 4.57 Å². The lowest BCUT2D eigenvalue weighted by Crippen LogP contribution is -2.15. The topological polar surface area (TPSA) is 47.2 Å². The number of hydrogen-bond donors (Lipinski definition) is 1. The first kappa shape index (κ1) is 8.79. The predicted molar refractivity (Wildman–Crippen MR) is 57.6 cm³/mol. The van der Waals surface area contributed by atoms with Gasteiger partial charge in [-0.15, -0.1) is 0 Å². The molecule has 3 rings (SSSR count). The lowest BCUT2D eigenvalue weighted by Gasteiger charge is -2.18. The molecule has 0 saturated carbocycles. The van der Waals surface area contributed by atoms with Gasteiger partial charge in [0.1, 0.15) is 13.2 Å². The number of hydrogen-bond acceptors (Lipinski definition) is 4. The van der Waals surface area contributed by atoms with E-state index in [4.69, 9.17) is 14.9 Å². The Hall–Kier alpha value is -1.49. The Morgan fingerprint density at radius 3 is 2.67 bits per heavy atom. The number of benzene rings is 1. The summed E-state index contributed by atoms with van der Waals surface area (Å²) >= 11 is 1.45. The zero-order valence-electron chi connectivity index (χ0n) is 8.24. The first-order valence-electron chi connectivity index (χ1n) is 4.69. The molecule has 5 heteroatoms. The van der Waals surface area contributed by atoms with Gasteiger partial charge in [-0.2, -0.15) is 0 Å². The van der Waals surface area contributed by atoms with Crippen LogP contribution >= 0.6 is 11.3 Å². The van der Waals surface area contributed by atoms with Gasteiger partial charge >= 0.3 is 0 Å². The molecule has 0 atom stereocenters. The van der Waals surface area contributed by atoms with E-state index < -0.39 is 0 Å². The van der Waals surface area contributed by atoms with Crippen molar-refractivity contribution >= 4 is 21.6 Å². The minimum Gasteiger partial charge on any atom is -0.486 e. The maximum Gasteiger partial charge on any atom is 0.182 e. The number of aryl methyl sites for hydroxylation is 1. The van der Waals surface area contributed by atoms with Gasteiger partial charge in [0.15, 0.2) is 16.3 Å². The molecular weight excluding hydrogens is 212 g/mol. The van der Waals surface area contributed by atoms with Crippen molar-refractivity contribution in [2.24, 2.45) is 7.05 Å². The van der Waals surface area contributed by atoms with Crippen LogP contribution in [0.25, 0.3) is 10.2 Å². The van der Waals surface area contributed by atoms with Crippen molar-refractivity contribution < 1.29 is 9.47 Å². The number of ether oxygens (including phenoxy) is 2. The number of thiazole rings is 1. The molecule has 2 aromatic rings. The number of nitrogens with one attached hydrogen (secondary N) is 1. The van der Waals surface area contributed by atoms with E-state index in [1.165, 1.54) is 11.3 Å². The van der Waals surface area contributed by atoms with E-state index >= 15 is 0 Å². The highest BCUT2D eigenvalue weighted by Crippen LogP contribution is 2.35. The second-order valence-electron chi connectivity index (χ2n) is 3.43. The van der Waals surface area contributed by atoms with E-state index in [-0.39, 0.29) is 0 Å². The molecule has 2 heterocycles. The van der Waals surface area contributed by atoms with Crippen LogP contribution in [0.4, 0.5) is 0 Å². The molecule has 4 nitrogen and oxygen atoms in total. The molecule has 1 N–H and O–H groups in total. The molecule has 0 radical (unpaired) electrons. The van der Waals surface area contributed by atoms with E-state index in [0.717, 1.165) is 21.7 Å². The molecule has 0 fully saturated rings. The summed E-state index contributed by atoms with van der Waals surface area (Å²) in [5.74, 6) is 1.57. The lowest BCUT2D eigenvalue weighted by molar-refractivity contribution is 0.172. The van der Waals surface area contributed by atoms with Gasteiger partial charge in [-0.3, -0.25) is 5.41 Å². The number of fused-ring (bicyclic) bond motifs is 2. The second-order valence-corrected chi connectivity index (χ2v) is 4.46. The molecule has 1 aliphatic heterocycles. The molecule has 15 heavy (non-hydrogen) atoms. The SMILES string of the molecule is Cn1c(=N)sc2cc3c(cc21)OCCO3. The minimum atomic E-state index is 0.535. The summed E-state index contributed by atoms with van der Waals surface area (Å²) in [5.41, 5.74) is 1.02. The predicted octanol–water partition coefficient (Wildman–Crippen LogP) is 1.49. The summed E-state index contributed by atoms with van der Waals surface area (Å²) in [6.45, 7) is 1.20. The van der Waals surface area contributed by atoms with Crippen LogP contribution in [0.1, 0.15) is 0 Å². The molecule has 0 aliphatic carbocycles. The summed E-state index contributed by atoms with van der Waals surface area (Å²) in [6.07, 6.45) is 0. The van der Waals surface area contributed by atoms with Crippen molar-refractivity contribution in [3.8, 4) is 11.5 Å². The van der Waals surface area contributed by atoms with Crippen LogP contribution in [0.3, 0.4) is 0 Å². The van der Waals surface area contributed by atoms with E-state index in [0.29, 0.717) is 18.0 Å². The van der Waals surface area contributed by atoms with Gasteiger partial charge in [0, 0.05) is 19.2 Å². The molecular formula is C10H10N2O2S. The first-order chi connectivity index (χ1) is 7.25. The van der Waals surface area contributed by atoms with Gasteiger partial charge < -0.3 is 14.0 Å². The summed E-state index contributed by atoms with van der Waals surface area (Å²) in [4.78, 5) is 0.535. The van der Waals surface area contributed by atoms with Crippen LogP contribution in [-0.4, -0.2) is 17.8 Å². The largest absolute Gasteiger partial charge is 0.486 e. The van der Waals surface area contributed by atoms with Crippen LogP contribution in [0.15, 0.2) is 12.1 Å².